The lowest BCUT2D eigenvalue weighted by Gasteiger charge is -2.11. The molecule has 2 amide bonds. The molecule has 0 saturated carbocycles. The van der Waals surface area contributed by atoms with Crippen molar-refractivity contribution < 1.29 is 9.59 Å². The third-order valence-electron chi connectivity index (χ3n) is 2.80. The Morgan fingerprint density at radius 3 is 2.29 bits per heavy atom. The Bertz CT molecular complexity index is 736. The summed E-state index contributed by atoms with van der Waals surface area (Å²) in [6.07, 6.45) is 0. The highest BCUT2D eigenvalue weighted by molar-refractivity contribution is 8.00. The summed E-state index contributed by atoms with van der Waals surface area (Å²) >= 11 is 14.7. The molecule has 2 rings (SSSR count). The van der Waals surface area contributed by atoms with Crippen LogP contribution in [0.5, 0.6) is 0 Å². The number of nitrogens with one attached hydrogen (secondary N) is 1. The van der Waals surface area contributed by atoms with Gasteiger partial charge in [0.15, 0.2) is 0 Å². The molecule has 0 heterocycles. The van der Waals surface area contributed by atoms with Crippen molar-refractivity contribution in [2.75, 3.05) is 16.8 Å². The fraction of sp³-hybridized carbons (Fsp3) is 0.125. The smallest absolute Gasteiger partial charge is 0.234 e. The Labute approximate surface area is 158 Å². The van der Waals surface area contributed by atoms with Gasteiger partial charge >= 0.3 is 0 Å². The maximum atomic E-state index is 12.2. The quantitative estimate of drug-likeness (QED) is 0.679. The third-order valence-corrected chi connectivity index (χ3v) is 5.88. The van der Waals surface area contributed by atoms with Crippen LogP contribution in [0.15, 0.2) is 52.3 Å². The van der Waals surface area contributed by atoms with Gasteiger partial charge in [0.1, 0.15) is 0 Å². The molecule has 0 saturated heterocycles. The highest BCUT2D eigenvalue weighted by Gasteiger charge is 2.11. The second kappa shape index (κ2) is 9.22. The van der Waals surface area contributed by atoms with Crippen molar-refractivity contribution in [3.05, 3.63) is 52.5 Å². The van der Waals surface area contributed by atoms with E-state index in [1.807, 2.05) is 18.2 Å². The molecule has 24 heavy (non-hydrogen) atoms. The monoisotopic (exact) mass is 400 g/mol. The summed E-state index contributed by atoms with van der Waals surface area (Å²) in [4.78, 5) is 24.6. The molecule has 0 aromatic heterocycles. The highest BCUT2D eigenvalue weighted by Crippen LogP contribution is 2.34. The minimum absolute atomic E-state index is 0.150. The molecule has 0 aliphatic carbocycles. The summed E-state index contributed by atoms with van der Waals surface area (Å²) in [6.45, 7) is 0. The molecule has 0 aliphatic rings. The molecule has 0 atom stereocenters. The summed E-state index contributed by atoms with van der Waals surface area (Å²) in [6, 6.07) is 12.4. The minimum Gasteiger partial charge on any atom is -0.369 e. The van der Waals surface area contributed by atoms with Gasteiger partial charge in [0.05, 0.1) is 27.2 Å². The molecule has 0 bridgehead atoms. The summed E-state index contributed by atoms with van der Waals surface area (Å²) < 4.78 is 0. The van der Waals surface area contributed by atoms with Gasteiger partial charge in [-0.2, -0.15) is 0 Å². The fourth-order valence-electron chi connectivity index (χ4n) is 1.79. The average molecular weight is 401 g/mol. The lowest BCUT2D eigenvalue weighted by Crippen LogP contribution is -2.16. The molecule has 0 aliphatic heterocycles. The summed E-state index contributed by atoms with van der Waals surface area (Å²) in [5.74, 6) is -0.289. The van der Waals surface area contributed by atoms with Gasteiger partial charge in [0.25, 0.3) is 0 Å². The lowest BCUT2D eigenvalue weighted by atomic mass is 10.3. The standard InChI is InChI=1S/C16H14Cl2N2O2S2/c17-10-4-3-5-11(18)16(10)24-9-15(22)20-12-6-1-2-7-13(12)23-8-14(19)21/h1-7H,8-9H2,(H2,19,21)(H,20,22). The molecule has 2 aromatic rings. The van der Waals surface area contributed by atoms with Gasteiger partial charge in [0.2, 0.25) is 11.8 Å². The number of carbonyl (C=O) groups is 2. The molecular weight excluding hydrogens is 387 g/mol. The van der Waals surface area contributed by atoms with Crippen LogP contribution in [0.4, 0.5) is 5.69 Å². The van der Waals surface area contributed by atoms with E-state index in [1.165, 1.54) is 23.5 Å². The van der Waals surface area contributed by atoms with Crippen molar-refractivity contribution in [3.8, 4) is 0 Å². The number of halogens is 2. The van der Waals surface area contributed by atoms with Gasteiger partial charge in [-0.3, -0.25) is 9.59 Å². The van der Waals surface area contributed by atoms with Gasteiger partial charge in [-0.25, -0.2) is 0 Å². The maximum absolute atomic E-state index is 12.2. The van der Waals surface area contributed by atoms with Gasteiger partial charge < -0.3 is 11.1 Å². The lowest BCUT2D eigenvalue weighted by molar-refractivity contribution is -0.115. The van der Waals surface area contributed by atoms with E-state index in [1.54, 1.807) is 24.3 Å². The van der Waals surface area contributed by atoms with E-state index < -0.39 is 5.91 Å². The predicted octanol–water partition coefficient (Wildman–Crippen LogP) is 4.30. The Morgan fingerprint density at radius 2 is 1.62 bits per heavy atom. The number of hydrogen-bond donors (Lipinski definition) is 2. The van der Waals surface area contributed by atoms with E-state index in [4.69, 9.17) is 28.9 Å². The van der Waals surface area contributed by atoms with Crippen LogP contribution in [0.3, 0.4) is 0 Å². The highest BCUT2D eigenvalue weighted by atomic mass is 35.5. The van der Waals surface area contributed by atoms with Crippen molar-refractivity contribution in [2.24, 2.45) is 5.73 Å². The van der Waals surface area contributed by atoms with Crippen LogP contribution in [0, 0.1) is 0 Å². The molecule has 8 heteroatoms. The number of primary amides is 1. The number of benzene rings is 2. The van der Waals surface area contributed by atoms with E-state index in [9.17, 15) is 9.59 Å². The summed E-state index contributed by atoms with van der Waals surface area (Å²) in [5, 5.41) is 3.85. The van der Waals surface area contributed by atoms with Crippen LogP contribution in [0.25, 0.3) is 0 Å². The van der Waals surface area contributed by atoms with Crippen LogP contribution in [-0.4, -0.2) is 23.3 Å². The first-order chi connectivity index (χ1) is 11.5. The number of anilines is 1. The zero-order valence-electron chi connectivity index (χ0n) is 12.4. The van der Waals surface area contributed by atoms with Crippen LogP contribution in [-0.2, 0) is 9.59 Å². The van der Waals surface area contributed by atoms with Crippen molar-refractivity contribution in [1.82, 2.24) is 0 Å². The zero-order chi connectivity index (χ0) is 17.5. The summed E-state index contributed by atoms with van der Waals surface area (Å²) in [7, 11) is 0. The summed E-state index contributed by atoms with van der Waals surface area (Å²) in [5.41, 5.74) is 5.80. The van der Waals surface area contributed by atoms with E-state index in [2.05, 4.69) is 5.32 Å². The number of carbonyl (C=O) groups excluding carboxylic acids is 2. The van der Waals surface area contributed by atoms with Crippen molar-refractivity contribution in [1.29, 1.82) is 0 Å². The zero-order valence-corrected chi connectivity index (χ0v) is 15.6. The molecule has 0 fully saturated rings. The number of amides is 2. The first-order valence-corrected chi connectivity index (χ1v) is 9.57. The molecule has 0 spiro atoms. The number of nitrogens with two attached hydrogens (primary N) is 1. The van der Waals surface area contributed by atoms with Gasteiger partial charge in [-0.1, -0.05) is 41.4 Å². The van der Waals surface area contributed by atoms with Gasteiger partial charge in [-0.15, -0.1) is 23.5 Å². The third kappa shape index (κ3) is 5.63. The van der Waals surface area contributed by atoms with E-state index in [-0.39, 0.29) is 17.4 Å². The minimum atomic E-state index is -0.412. The Balaban J connectivity index is 1.99. The van der Waals surface area contributed by atoms with Crippen molar-refractivity contribution >= 4 is 64.2 Å². The van der Waals surface area contributed by atoms with Gasteiger partial charge in [0, 0.05) is 9.79 Å². The molecular formula is C16H14Cl2N2O2S2. The molecule has 2 aromatic carbocycles. The maximum Gasteiger partial charge on any atom is 0.234 e. The topological polar surface area (TPSA) is 72.2 Å². The average Bonchev–Trinajstić information content (AvgIpc) is 2.53. The molecule has 0 unspecified atom stereocenters. The van der Waals surface area contributed by atoms with Gasteiger partial charge in [-0.05, 0) is 24.3 Å². The molecule has 3 N–H and O–H groups in total. The largest absolute Gasteiger partial charge is 0.369 e. The SMILES string of the molecule is NC(=O)CSc1ccccc1NC(=O)CSc1c(Cl)cccc1Cl. The number of rotatable bonds is 7. The number of thioether (sulfide) groups is 2. The van der Waals surface area contributed by atoms with Crippen LogP contribution in [0.1, 0.15) is 0 Å². The Hall–Kier alpha value is -1.34. The van der Waals surface area contributed by atoms with Crippen molar-refractivity contribution in [2.45, 2.75) is 9.79 Å². The second-order valence-corrected chi connectivity index (χ2v) is 7.46. The Morgan fingerprint density at radius 1 is 0.958 bits per heavy atom. The Kier molecular flexibility index (Phi) is 7.30. The first kappa shape index (κ1) is 19.0. The number of para-hydroxylation sites is 1. The molecule has 0 radical (unpaired) electrons. The van der Waals surface area contributed by atoms with E-state index in [0.717, 1.165) is 4.90 Å². The normalized spacial score (nSPS) is 10.4. The van der Waals surface area contributed by atoms with Crippen LogP contribution in [0.2, 0.25) is 10.0 Å². The number of hydrogen-bond acceptors (Lipinski definition) is 4. The van der Waals surface area contributed by atoms with E-state index in [0.29, 0.717) is 20.6 Å². The molecule has 4 nitrogen and oxygen atoms in total. The van der Waals surface area contributed by atoms with Crippen LogP contribution >= 0.6 is 46.7 Å². The van der Waals surface area contributed by atoms with Crippen molar-refractivity contribution in [3.63, 3.8) is 0 Å². The fourth-order valence-corrected chi connectivity index (χ4v) is 4.02. The predicted molar refractivity (Wildman–Crippen MR) is 102 cm³/mol. The van der Waals surface area contributed by atoms with Crippen LogP contribution < -0.4 is 11.1 Å². The first-order valence-electron chi connectivity index (χ1n) is 6.84. The van der Waals surface area contributed by atoms with E-state index >= 15 is 0 Å². The molecule has 126 valence electrons. The second-order valence-electron chi connectivity index (χ2n) is 4.64.